The van der Waals surface area contributed by atoms with Gasteiger partial charge in [-0.15, -0.1) is 0 Å². The first-order chi connectivity index (χ1) is 9.72. The molecule has 112 valence electrons. The Morgan fingerprint density at radius 3 is 2.80 bits per heavy atom. The maximum Gasteiger partial charge on any atom is 0.234 e. The maximum absolute atomic E-state index is 11.5. The van der Waals surface area contributed by atoms with Crippen LogP contribution in [-0.4, -0.2) is 66.5 Å². The lowest BCUT2D eigenvalue weighted by atomic mass is 10.3. The average molecular weight is 299 g/mol. The Morgan fingerprint density at radius 1 is 1.40 bits per heavy atom. The molecule has 0 bridgehead atoms. The summed E-state index contributed by atoms with van der Waals surface area (Å²) in [6, 6.07) is 0. The number of ether oxygens (including phenoxy) is 1. The molecule has 1 aliphatic heterocycles. The first kappa shape index (κ1) is 15.1. The molecule has 0 spiro atoms. The highest BCUT2D eigenvalue weighted by atomic mass is 32.1. The fourth-order valence-corrected chi connectivity index (χ4v) is 2.84. The van der Waals surface area contributed by atoms with Crippen LogP contribution in [0.15, 0.2) is 0 Å². The van der Waals surface area contributed by atoms with Crippen LogP contribution in [0.4, 0.5) is 5.13 Å². The fraction of sp³-hybridized carbons (Fsp3) is 0.750. The Kier molecular flexibility index (Phi) is 5.69. The molecule has 1 aliphatic rings. The monoisotopic (exact) mass is 299 g/mol. The lowest BCUT2D eigenvalue weighted by molar-refractivity contribution is -0.122. The van der Waals surface area contributed by atoms with Crippen molar-refractivity contribution < 1.29 is 9.53 Å². The third-order valence-electron chi connectivity index (χ3n) is 3.11. The molecule has 2 heterocycles. The summed E-state index contributed by atoms with van der Waals surface area (Å²) >= 11 is 1.41. The summed E-state index contributed by atoms with van der Waals surface area (Å²) in [5.41, 5.74) is 0. The van der Waals surface area contributed by atoms with Crippen LogP contribution in [-0.2, 0) is 16.1 Å². The molecule has 1 fully saturated rings. The molecule has 20 heavy (non-hydrogen) atoms. The van der Waals surface area contributed by atoms with E-state index in [1.165, 1.54) is 11.5 Å². The van der Waals surface area contributed by atoms with Crippen molar-refractivity contribution in [2.24, 2.45) is 0 Å². The number of aromatic nitrogens is 2. The summed E-state index contributed by atoms with van der Waals surface area (Å²) < 4.78 is 9.28. The lowest BCUT2D eigenvalue weighted by Crippen LogP contribution is -2.49. The van der Waals surface area contributed by atoms with Crippen molar-refractivity contribution >= 4 is 22.6 Å². The first-order valence-electron chi connectivity index (χ1n) is 6.78. The van der Waals surface area contributed by atoms with E-state index in [4.69, 9.17) is 4.74 Å². The van der Waals surface area contributed by atoms with Crippen LogP contribution in [0.1, 0.15) is 12.7 Å². The highest BCUT2D eigenvalue weighted by Crippen LogP contribution is 2.19. The van der Waals surface area contributed by atoms with Gasteiger partial charge < -0.3 is 15.0 Å². The van der Waals surface area contributed by atoms with Gasteiger partial charge in [-0.3, -0.25) is 9.69 Å². The van der Waals surface area contributed by atoms with Gasteiger partial charge in [0.1, 0.15) is 6.61 Å². The molecule has 0 atom stereocenters. The molecule has 0 aromatic carbocycles. The number of nitrogens with zero attached hydrogens (tertiary/aromatic N) is 4. The predicted octanol–water partition coefficient (Wildman–Crippen LogP) is -0.0574. The Balaban J connectivity index is 1.79. The van der Waals surface area contributed by atoms with Gasteiger partial charge in [0, 0.05) is 51.4 Å². The van der Waals surface area contributed by atoms with Gasteiger partial charge >= 0.3 is 0 Å². The molecule has 0 unspecified atom stereocenters. The zero-order valence-electron chi connectivity index (χ0n) is 12.0. The third-order valence-corrected chi connectivity index (χ3v) is 3.93. The van der Waals surface area contributed by atoms with Gasteiger partial charge in [0.15, 0.2) is 5.82 Å². The molecule has 1 N–H and O–H groups in total. The Morgan fingerprint density at radius 2 is 2.15 bits per heavy atom. The Labute approximate surface area is 123 Å². The van der Waals surface area contributed by atoms with Crippen LogP contribution < -0.4 is 10.2 Å². The standard InChI is InChI=1S/C12H21N5O2S/c1-3-13-11(18)8-16-4-6-17(7-5-16)12-14-10(9-19-2)15-20-12/h3-9H2,1-2H3,(H,13,18). The number of anilines is 1. The molecular weight excluding hydrogens is 278 g/mol. The Hall–Kier alpha value is -1.25. The average Bonchev–Trinajstić information content (AvgIpc) is 2.89. The summed E-state index contributed by atoms with van der Waals surface area (Å²) in [4.78, 5) is 20.4. The lowest BCUT2D eigenvalue weighted by Gasteiger charge is -2.33. The molecular formula is C12H21N5O2S. The van der Waals surface area contributed by atoms with E-state index in [9.17, 15) is 4.79 Å². The summed E-state index contributed by atoms with van der Waals surface area (Å²) in [6.07, 6.45) is 0. The summed E-state index contributed by atoms with van der Waals surface area (Å²) in [5, 5.41) is 3.76. The molecule has 8 heteroatoms. The van der Waals surface area contributed by atoms with Gasteiger partial charge in [-0.25, -0.2) is 4.98 Å². The normalized spacial score (nSPS) is 16.4. The van der Waals surface area contributed by atoms with Crippen molar-refractivity contribution in [3.8, 4) is 0 Å². The molecule has 1 aromatic heterocycles. The van der Waals surface area contributed by atoms with Gasteiger partial charge in [0.05, 0.1) is 6.54 Å². The number of hydrogen-bond donors (Lipinski definition) is 1. The van der Waals surface area contributed by atoms with Gasteiger partial charge in [0.25, 0.3) is 0 Å². The molecule has 0 saturated carbocycles. The summed E-state index contributed by atoms with van der Waals surface area (Å²) in [5.74, 6) is 0.830. The van der Waals surface area contributed by atoms with Crippen LogP contribution >= 0.6 is 11.5 Å². The smallest absolute Gasteiger partial charge is 0.234 e. The second kappa shape index (κ2) is 7.51. The Bertz CT molecular complexity index is 431. The molecule has 1 aromatic rings. The number of carbonyl (C=O) groups excluding carboxylic acids is 1. The van der Waals surface area contributed by atoms with Gasteiger partial charge in [-0.2, -0.15) is 4.37 Å². The van der Waals surface area contributed by atoms with Crippen LogP contribution in [0.5, 0.6) is 0 Å². The quantitative estimate of drug-likeness (QED) is 0.794. The number of likely N-dealkylation sites (N-methyl/N-ethyl adjacent to an activating group) is 1. The first-order valence-corrected chi connectivity index (χ1v) is 7.55. The predicted molar refractivity (Wildman–Crippen MR) is 78.0 cm³/mol. The number of rotatable bonds is 6. The van der Waals surface area contributed by atoms with Crippen molar-refractivity contribution in [2.75, 3.05) is 51.3 Å². The van der Waals surface area contributed by atoms with E-state index in [1.54, 1.807) is 7.11 Å². The van der Waals surface area contributed by atoms with Crippen LogP contribution in [0.25, 0.3) is 0 Å². The summed E-state index contributed by atoms with van der Waals surface area (Å²) in [6.45, 7) is 7.05. The number of piperazine rings is 1. The van der Waals surface area contributed by atoms with Crippen LogP contribution in [0, 0.1) is 0 Å². The molecule has 1 amide bonds. The van der Waals surface area contributed by atoms with E-state index in [0.717, 1.165) is 37.1 Å². The number of nitrogens with one attached hydrogen (secondary N) is 1. The second-order valence-electron chi connectivity index (χ2n) is 4.64. The number of methoxy groups -OCH3 is 1. The largest absolute Gasteiger partial charge is 0.377 e. The van der Waals surface area contributed by atoms with E-state index in [2.05, 4.69) is 24.5 Å². The number of carbonyl (C=O) groups is 1. The highest BCUT2D eigenvalue weighted by Gasteiger charge is 2.21. The van der Waals surface area contributed by atoms with Crippen molar-refractivity contribution in [1.29, 1.82) is 0 Å². The van der Waals surface area contributed by atoms with Crippen molar-refractivity contribution in [3.63, 3.8) is 0 Å². The van der Waals surface area contributed by atoms with E-state index in [1.807, 2.05) is 6.92 Å². The van der Waals surface area contributed by atoms with Crippen molar-refractivity contribution in [3.05, 3.63) is 5.82 Å². The van der Waals surface area contributed by atoms with E-state index in [0.29, 0.717) is 19.7 Å². The van der Waals surface area contributed by atoms with Gasteiger partial charge in [-0.1, -0.05) is 0 Å². The fourth-order valence-electron chi connectivity index (χ4n) is 2.11. The summed E-state index contributed by atoms with van der Waals surface area (Å²) in [7, 11) is 1.64. The zero-order chi connectivity index (χ0) is 14.4. The minimum Gasteiger partial charge on any atom is -0.377 e. The minimum absolute atomic E-state index is 0.0965. The molecule has 7 nitrogen and oxygen atoms in total. The molecule has 1 saturated heterocycles. The van der Waals surface area contributed by atoms with Crippen molar-refractivity contribution in [1.82, 2.24) is 19.6 Å². The topological polar surface area (TPSA) is 70.6 Å². The number of hydrogen-bond acceptors (Lipinski definition) is 7. The molecule has 0 aliphatic carbocycles. The van der Waals surface area contributed by atoms with Gasteiger partial charge in [-0.05, 0) is 6.92 Å². The maximum atomic E-state index is 11.5. The van der Waals surface area contributed by atoms with E-state index >= 15 is 0 Å². The van der Waals surface area contributed by atoms with E-state index < -0.39 is 0 Å². The highest BCUT2D eigenvalue weighted by molar-refractivity contribution is 7.09. The molecule has 0 radical (unpaired) electrons. The number of amides is 1. The zero-order valence-corrected chi connectivity index (χ0v) is 12.8. The van der Waals surface area contributed by atoms with E-state index in [-0.39, 0.29) is 5.91 Å². The SMILES string of the molecule is CCNC(=O)CN1CCN(c2nc(COC)ns2)CC1. The minimum atomic E-state index is 0.0965. The van der Waals surface area contributed by atoms with Crippen LogP contribution in [0.3, 0.4) is 0 Å². The van der Waals surface area contributed by atoms with Crippen molar-refractivity contribution in [2.45, 2.75) is 13.5 Å². The van der Waals surface area contributed by atoms with Gasteiger partial charge in [0.2, 0.25) is 11.0 Å². The molecule has 2 rings (SSSR count). The second-order valence-corrected chi connectivity index (χ2v) is 5.37. The van der Waals surface area contributed by atoms with Crippen LogP contribution in [0.2, 0.25) is 0 Å². The third kappa shape index (κ3) is 4.12.